The number of benzene rings is 1. The minimum Gasteiger partial charge on any atom is -0.377 e. The molecule has 0 fully saturated rings. The van der Waals surface area contributed by atoms with Gasteiger partial charge in [0.1, 0.15) is 5.82 Å². The molecule has 23 heavy (non-hydrogen) atoms. The first-order chi connectivity index (χ1) is 11.3. The van der Waals surface area contributed by atoms with E-state index >= 15 is 0 Å². The summed E-state index contributed by atoms with van der Waals surface area (Å²) in [4.78, 5) is 6.91. The summed E-state index contributed by atoms with van der Waals surface area (Å²) in [7, 11) is 2.18. The highest BCUT2D eigenvalue weighted by molar-refractivity contribution is 5.49. The zero-order valence-electron chi connectivity index (χ0n) is 13.9. The molecule has 0 aliphatic carbocycles. The fourth-order valence-corrected chi connectivity index (χ4v) is 3.32. The lowest BCUT2D eigenvalue weighted by Crippen LogP contribution is -2.36. The van der Waals surface area contributed by atoms with Crippen LogP contribution in [-0.2, 0) is 17.8 Å². The zero-order chi connectivity index (χ0) is 15.9. The lowest BCUT2D eigenvalue weighted by molar-refractivity contribution is 0.116. The van der Waals surface area contributed by atoms with Gasteiger partial charge >= 0.3 is 0 Å². The maximum absolute atomic E-state index is 5.77. The maximum Gasteiger partial charge on any atom is 0.131 e. The zero-order valence-corrected chi connectivity index (χ0v) is 13.9. The molecule has 1 aromatic carbocycles. The van der Waals surface area contributed by atoms with Crippen LogP contribution < -0.4 is 4.90 Å². The number of anilines is 1. The molecule has 0 bridgehead atoms. The summed E-state index contributed by atoms with van der Waals surface area (Å²) in [6, 6.07) is 15.2. The fraction of sp³-hybridized carbons (Fsp3) is 0.450. The normalized spacial score (nSPS) is 17.1. The number of aromatic nitrogens is 1. The van der Waals surface area contributed by atoms with Crippen molar-refractivity contribution in [2.75, 3.05) is 18.6 Å². The van der Waals surface area contributed by atoms with Crippen molar-refractivity contribution in [1.29, 1.82) is 0 Å². The van der Waals surface area contributed by atoms with Crippen molar-refractivity contribution in [3.8, 4) is 0 Å². The van der Waals surface area contributed by atoms with Crippen LogP contribution in [0.4, 0.5) is 5.82 Å². The standard InChI is InChI=1S/C20H26N2O/c1-22-19(13-12-18-10-7-14-21-20(18)22)11-5-6-15-23-16-17-8-3-2-4-9-17/h2-4,7-10,14,19H,5-6,11-13,15-16H2,1H3. The molecule has 3 rings (SSSR count). The Morgan fingerprint density at radius 3 is 2.87 bits per heavy atom. The van der Waals surface area contributed by atoms with Gasteiger partial charge in [-0.2, -0.15) is 0 Å². The molecule has 0 saturated heterocycles. The van der Waals surface area contributed by atoms with Gasteiger partial charge in [0, 0.05) is 25.9 Å². The van der Waals surface area contributed by atoms with Crippen LogP contribution in [0, 0.1) is 0 Å². The van der Waals surface area contributed by atoms with Crippen LogP contribution in [0.25, 0.3) is 0 Å². The first kappa shape index (κ1) is 16.0. The third kappa shape index (κ3) is 4.32. The number of ether oxygens (including phenoxy) is 1. The number of rotatable bonds is 7. The molecule has 1 unspecified atom stereocenters. The molecule has 1 aliphatic heterocycles. The van der Waals surface area contributed by atoms with E-state index in [0.29, 0.717) is 6.04 Å². The van der Waals surface area contributed by atoms with Crippen molar-refractivity contribution in [3.05, 3.63) is 59.8 Å². The lowest BCUT2D eigenvalue weighted by Gasteiger charge is -2.35. The molecule has 3 heteroatoms. The van der Waals surface area contributed by atoms with E-state index in [-0.39, 0.29) is 0 Å². The van der Waals surface area contributed by atoms with Crippen LogP contribution in [0.5, 0.6) is 0 Å². The van der Waals surface area contributed by atoms with Crippen molar-refractivity contribution >= 4 is 5.82 Å². The van der Waals surface area contributed by atoms with Crippen molar-refractivity contribution in [2.24, 2.45) is 0 Å². The predicted octanol–water partition coefficient (Wildman–Crippen LogP) is 4.22. The predicted molar refractivity (Wildman–Crippen MR) is 94.7 cm³/mol. The molecular weight excluding hydrogens is 284 g/mol. The lowest BCUT2D eigenvalue weighted by atomic mass is 9.95. The molecule has 1 aliphatic rings. The SMILES string of the molecule is CN1c2ncccc2CCC1CCCCOCc1ccccc1. The Bertz CT molecular complexity index is 600. The number of aryl methyl sites for hydroxylation is 1. The minimum absolute atomic E-state index is 0.617. The van der Waals surface area contributed by atoms with Crippen LogP contribution in [0.15, 0.2) is 48.7 Å². The van der Waals surface area contributed by atoms with E-state index < -0.39 is 0 Å². The molecule has 1 atom stereocenters. The first-order valence-electron chi connectivity index (χ1n) is 8.63. The second-order valence-electron chi connectivity index (χ2n) is 6.32. The van der Waals surface area contributed by atoms with E-state index in [9.17, 15) is 0 Å². The third-order valence-corrected chi connectivity index (χ3v) is 4.68. The molecule has 122 valence electrons. The second-order valence-corrected chi connectivity index (χ2v) is 6.32. The Kier molecular flexibility index (Phi) is 5.65. The maximum atomic E-state index is 5.77. The number of fused-ring (bicyclic) bond motifs is 1. The molecule has 2 heterocycles. The van der Waals surface area contributed by atoms with Gasteiger partial charge in [-0.25, -0.2) is 4.98 Å². The second kappa shape index (κ2) is 8.11. The van der Waals surface area contributed by atoms with Gasteiger partial charge in [0.2, 0.25) is 0 Å². The highest BCUT2D eigenvalue weighted by Gasteiger charge is 2.23. The molecule has 2 aromatic rings. The van der Waals surface area contributed by atoms with Gasteiger partial charge in [-0.15, -0.1) is 0 Å². The Morgan fingerprint density at radius 1 is 1.13 bits per heavy atom. The topological polar surface area (TPSA) is 25.4 Å². The van der Waals surface area contributed by atoms with E-state index in [2.05, 4.69) is 47.3 Å². The van der Waals surface area contributed by atoms with Gasteiger partial charge in [-0.05, 0) is 49.3 Å². The first-order valence-corrected chi connectivity index (χ1v) is 8.63. The molecule has 0 radical (unpaired) electrons. The van der Waals surface area contributed by atoms with Gasteiger partial charge in [0.25, 0.3) is 0 Å². The van der Waals surface area contributed by atoms with Gasteiger partial charge in [-0.1, -0.05) is 36.4 Å². The third-order valence-electron chi connectivity index (χ3n) is 4.68. The van der Waals surface area contributed by atoms with E-state index in [4.69, 9.17) is 4.74 Å². The number of nitrogens with zero attached hydrogens (tertiary/aromatic N) is 2. The van der Waals surface area contributed by atoms with Crippen molar-refractivity contribution in [2.45, 2.75) is 44.8 Å². The van der Waals surface area contributed by atoms with Crippen LogP contribution in [-0.4, -0.2) is 24.7 Å². The van der Waals surface area contributed by atoms with Gasteiger partial charge < -0.3 is 9.64 Å². The minimum atomic E-state index is 0.617. The van der Waals surface area contributed by atoms with E-state index in [1.165, 1.54) is 36.2 Å². The highest BCUT2D eigenvalue weighted by Crippen LogP contribution is 2.29. The summed E-state index contributed by atoms with van der Waals surface area (Å²) < 4.78 is 5.77. The van der Waals surface area contributed by atoms with Crippen molar-refractivity contribution < 1.29 is 4.74 Å². The number of unbranched alkanes of at least 4 members (excludes halogenated alkanes) is 1. The van der Waals surface area contributed by atoms with Gasteiger partial charge in [-0.3, -0.25) is 0 Å². The number of hydrogen-bond acceptors (Lipinski definition) is 3. The smallest absolute Gasteiger partial charge is 0.131 e. The molecule has 0 amide bonds. The molecule has 0 N–H and O–H groups in total. The molecule has 1 aromatic heterocycles. The Balaban J connectivity index is 1.35. The highest BCUT2D eigenvalue weighted by atomic mass is 16.5. The largest absolute Gasteiger partial charge is 0.377 e. The van der Waals surface area contributed by atoms with E-state index in [1.54, 1.807) is 0 Å². The number of pyridine rings is 1. The Morgan fingerprint density at radius 2 is 2.00 bits per heavy atom. The Hall–Kier alpha value is -1.87. The quantitative estimate of drug-likeness (QED) is 0.716. The molecular formula is C20H26N2O. The molecule has 3 nitrogen and oxygen atoms in total. The summed E-state index contributed by atoms with van der Waals surface area (Å²) in [6.45, 7) is 1.57. The summed E-state index contributed by atoms with van der Waals surface area (Å²) in [6.07, 6.45) is 7.86. The van der Waals surface area contributed by atoms with E-state index in [0.717, 1.165) is 26.1 Å². The van der Waals surface area contributed by atoms with Gasteiger partial charge in [0.05, 0.1) is 6.61 Å². The molecule has 0 spiro atoms. The summed E-state index contributed by atoms with van der Waals surface area (Å²) >= 11 is 0. The fourth-order valence-electron chi connectivity index (χ4n) is 3.32. The van der Waals surface area contributed by atoms with Crippen molar-refractivity contribution in [3.63, 3.8) is 0 Å². The van der Waals surface area contributed by atoms with Crippen LogP contribution in [0.2, 0.25) is 0 Å². The van der Waals surface area contributed by atoms with Crippen LogP contribution in [0.3, 0.4) is 0 Å². The van der Waals surface area contributed by atoms with Crippen LogP contribution in [0.1, 0.15) is 36.8 Å². The average molecular weight is 310 g/mol. The van der Waals surface area contributed by atoms with Gasteiger partial charge in [0.15, 0.2) is 0 Å². The summed E-state index contributed by atoms with van der Waals surface area (Å²) in [5.74, 6) is 1.17. The monoisotopic (exact) mass is 310 g/mol. The Labute approximate surface area is 139 Å². The van der Waals surface area contributed by atoms with E-state index in [1.807, 2.05) is 18.3 Å². The van der Waals surface area contributed by atoms with Crippen molar-refractivity contribution in [1.82, 2.24) is 4.98 Å². The molecule has 0 saturated carbocycles. The average Bonchev–Trinajstić information content (AvgIpc) is 2.61. The summed E-state index contributed by atoms with van der Waals surface area (Å²) in [5.41, 5.74) is 2.64. The summed E-state index contributed by atoms with van der Waals surface area (Å²) in [5, 5.41) is 0. The van der Waals surface area contributed by atoms with Crippen LogP contribution >= 0.6 is 0 Å². The number of hydrogen-bond donors (Lipinski definition) is 0.